The smallest absolute Gasteiger partial charge is 0.144 e. The Balaban J connectivity index is 1.10. The summed E-state index contributed by atoms with van der Waals surface area (Å²) in [5.41, 5.74) is 7.81. The molecule has 3 aromatic heterocycles. The highest BCUT2D eigenvalue weighted by atomic mass is 32.1. The van der Waals surface area contributed by atoms with Gasteiger partial charge in [0.25, 0.3) is 0 Å². The summed E-state index contributed by atoms with van der Waals surface area (Å²) in [6, 6.07) is 59.3. The van der Waals surface area contributed by atoms with Crippen LogP contribution in [-0.4, -0.2) is 0 Å². The topological polar surface area (TPSA) is 16.4 Å². The van der Waals surface area contributed by atoms with Gasteiger partial charge in [-0.25, -0.2) is 0 Å². The van der Waals surface area contributed by atoms with Gasteiger partial charge in [0.2, 0.25) is 0 Å². The van der Waals surface area contributed by atoms with Gasteiger partial charge in [0, 0.05) is 63.2 Å². The Morgan fingerprint density at radius 3 is 1.98 bits per heavy atom. The van der Waals surface area contributed by atoms with Gasteiger partial charge in [-0.05, 0) is 71.1 Å². The van der Waals surface area contributed by atoms with Crippen LogP contribution in [0.1, 0.15) is 0 Å². The average Bonchev–Trinajstić information content (AvgIpc) is 3.87. The molecule has 4 heteroatoms. The lowest BCUT2D eigenvalue weighted by atomic mass is 10.0. The fourth-order valence-corrected chi connectivity index (χ4v) is 10.2. The summed E-state index contributed by atoms with van der Waals surface area (Å²) in [6.45, 7) is 0. The number of thiophene rings is 2. The molecule has 0 aliphatic heterocycles. The van der Waals surface area contributed by atoms with E-state index in [9.17, 15) is 0 Å². The van der Waals surface area contributed by atoms with Crippen LogP contribution in [0.5, 0.6) is 0 Å². The molecule has 11 rings (SSSR count). The maximum absolute atomic E-state index is 6.81. The predicted molar refractivity (Wildman–Crippen MR) is 217 cm³/mol. The van der Waals surface area contributed by atoms with E-state index in [1.54, 1.807) is 0 Å². The van der Waals surface area contributed by atoms with Gasteiger partial charge in [-0.3, -0.25) is 0 Å². The summed E-state index contributed by atoms with van der Waals surface area (Å²) in [7, 11) is 0. The van der Waals surface area contributed by atoms with Gasteiger partial charge in [0.15, 0.2) is 0 Å². The molecule has 2 nitrogen and oxygen atoms in total. The molecule has 0 unspecified atom stereocenters. The number of benzene rings is 8. The number of anilines is 3. The summed E-state index contributed by atoms with van der Waals surface area (Å²) in [5.74, 6) is 0. The minimum Gasteiger partial charge on any atom is -0.455 e. The Kier molecular flexibility index (Phi) is 6.03. The maximum Gasteiger partial charge on any atom is 0.144 e. The minimum absolute atomic E-state index is 0.957. The van der Waals surface area contributed by atoms with Gasteiger partial charge >= 0.3 is 0 Å². The first-order chi connectivity index (χ1) is 24.8. The highest BCUT2D eigenvalue weighted by Crippen LogP contribution is 2.48. The van der Waals surface area contributed by atoms with Gasteiger partial charge in [-0.2, -0.15) is 0 Å². The number of nitrogens with zero attached hydrogens (tertiary/aromatic N) is 1. The van der Waals surface area contributed by atoms with E-state index in [-0.39, 0.29) is 0 Å². The van der Waals surface area contributed by atoms with E-state index in [0.29, 0.717) is 0 Å². The molecule has 0 aliphatic rings. The Hall–Kier alpha value is -5.94. The van der Waals surface area contributed by atoms with Crippen LogP contribution in [0.2, 0.25) is 0 Å². The van der Waals surface area contributed by atoms with Gasteiger partial charge in [0.05, 0.1) is 10.4 Å². The van der Waals surface area contributed by atoms with Crippen molar-refractivity contribution in [1.29, 1.82) is 0 Å². The monoisotopic (exact) mass is 673 g/mol. The molecule has 3 heterocycles. The van der Waals surface area contributed by atoms with Crippen LogP contribution in [0, 0.1) is 0 Å². The Morgan fingerprint density at radius 1 is 0.400 bits per heavy atom. The molecule has 0 aliphatic carbocycles. The van der Waals surface area contributed by atoms with E-state index in [1.165, 1.54) is 56.9 Å². The lowest BCUT2D eigenvalue weighted by Crippen LogP contribution is -2.09. The largest absolute Gasteiger partial charge is 0.455 e. The Bertz CT molecular complexity index is 3090. The van der Waals surface area contributed by atoms with Crippen LogP contribution in [-0.2, 0) is 0 Å². The molecular weight excluding hydrogens is 647 g/mol. The SMILES string of the molecule is c1ccc(N(c2ccc(-c3cccc4c3sc3ccccc34)cc2)c2cccc3c2sc2ccc4c5ccc6ccccc6c5oc4c23)cc1. The lowest BCUT2D eigenvalue weighted by Gasteiger charge is -2.26. The minimum atomic E-state index is 0.957. The first kappa shape index (κ1) is 28.0. The normalized spacial score (nSPS) is 12.0. The molecule has 234 valence electrons. The predicted octanol–water partition coefficient (Wildman–Crippen LogP) is 14.6. The third-order valence-corrected chi connectivity index (χ3v) is 12.5. The summed E-state index contributed by atoms with van der Waals surface area (Å²) >= 11 is 3.71. The molecule has 50 heavy (non-hydrogen) atoms. The van der Waals surface area contributed by atoms with Crippen molar-refractivity contribution in [1.82, 2.24) is 0 Å². The summed E-state index contributed by atoms with van der Waals surface area (Å²) in [4.78, 5) is 2.39. The van der Waals surface area contributed by atoms with E-state index < -0.39 is 0 Å². The van der Waals surface area contributed by atoms with Crippen LogP contribution < -0.4 is 4.90 Å². The van der Waals surface area contributed by atoms with E-state index in [0.717, 1.165) is 44.4 Å². The highest BCUT2D eigenvalue weighted by molar-refractivity contribution is 7.27. The van der Waals surface area contributed by atoms with Crippen molar-refractivity contribution in [2.75, 3.05) is 4.90 Å². The number of hydrogen-bond acceptors (Lipinski definition) is 4. The number of furan rings is 1. The molecule has 0 amide bonds. The second-order valence-corrected chi connectivity index (χ2v) is 14.9. The molecule has 0 saturated carbocycles. The molecule has 8 aromatic carbocycles. The van der Waals surface area contributed by atoms with E-state index in [4.69, 9.17) is 4.42 Å². The standard InChI is InChI=1S/C46H27NOS2/c1-2-11-30(12-3-1)47(31-23-20-29(21-24-31)33-15-8-16-37-34-14-6-7-19-40(34)49-45(33)37)39-18-9-17-38-42-41(50-46(38)39)27-26-36-35-25-22-28-10-4-5-13-32(28)43(35)48-44(36)42/h1-27H. The zero-order valence-corrected chi connectivity index (χ0v) is 28.4. The number of hydrogen-bond donors (Lipinski definition) is 0. The van der Waals surface area contributed by atoms with Crippen LogP contribution in [0.25, 0.3) is 84.2 Å². The van der Waals surface area contributed by atoms with Crippen molar-refractivity contribution in [3.05, 3.63) is 164 Å². The molecule has 0 bridgehead atoms. The maximum atomic E-state index is 6.81. The van der Waals surface area contributed by atoms with Crippen molar-refractivity contribution in [3.8, 4) is 11.1 Å². The van der Waals surface area contributed by atoms with Crippen molar-refractivity contribution in [2.24, 2.45) is 0 Å². The fourth-order valence-electron chi connectivity index (χ4n) is 7.77. The summed E-state index contributed by atoms with van der Waals surface area (Å²) < 4.78 is 11.9. The van der Waals surface area contributed by atoms with Crippen molar-refractivity contribution in [2.45, 2.75) is 0 Å². The number of para-hydroxylation sites is 1. The third kappa shape index (κ3) is 4.07. The first-order valence-electron chi connectivity index (χ1n) is 16.8. The van der Waals surface area contributed by atoms with Crippen molar-refractivity contribution >= 4 is 113 Å². The van der Waals surface area contributed by atoms with E-state index in [1.807, 2.05) is 22.7 Å². The van der Waals surface area contributed by atoms with Gasteiger partial charge in [-0.1, -0.05) is 109 Å². The summed E-state index contributed by atoms with van der Waals surface area (Å²) in [5, 5.41) is 9.71. The highest BCUT2D eigenvalue weighted by Gasteiger charge is 2.21. The van der Waals surface area contributed by atoms with Crippen LogP contribution >= 0.6 is 22.7 Å². The van der Waals surface area contributed by atoms with Gasteiger partial charge < -0.3 is 9.32 Å². The molecular formula is C46H27NOS2. The van der Waals surface area contributed by atoms with Gasteiger partial charge in [0.1, 0.15) is 11.2 Å². The number of rotatable bonds is 4. The quantitative estimate of drug-likeness (QED) is 0.185. The zero-order chi connectivity index (χ0) is 32.8. The first-order valence-corrected chi connectivity index (χ1v) is 18.5. The molecule has 0 spiro atoms. The molecule has 0 saturated heterocycles. The second kappa shape index (κ2) is 10.8. The Labute approximate surface area is 295 Å². The average molecular weight is 674 g/mol. The zero-order valence-electron chi connectivity index (χ0n) is 26.8. The fraction of sp³-hybridized carbons (Fsp3) is 0. The molecule has 0 N–H and O–H groups in total. The van der Waals surface area contributed by atoms with Crippen LogP contribution in [0.3, 0.4) is 0 Å². The van der Waals surface area contributed by atoms with Crippen molar-refractivity contribution in [3.63, 3.8) is 0 Å². The third-order valence-electron chi connectivity index (χ3n) is 10.1. The number of fused-ring (bicyclic) bond motifs is 12. The van der Waals surface area contributed by atoms with Crippen LogP contribution in [0.15, 0.2) is 168 Å². The van der Waals surface area contributed by atoms with E-state index >= 15 is 0 Å². The lowest BCUT2D eigenvalue weighted by molar-refractivity contribution is 0.677. The van der Waals surface area contributed by atoms with Crippen molar-refractivity contribution < 1.29 is 4.42 Å². The second-order valence-electron chi connectivity index (χ2n) is 12.8. The molecule has 0 radical (unpaired) electrons. The molecule has 0 fully saturated rings. The van der Waals surface area contributed by atoms with E-state index in [2.05, 4.69) is 169 Å². The Morgan fingerprint density at radius 2 is 1.08 bits per heavy atom. The summed E-state index contributed by atoms with van der Waals surface area (Å²) in [6.07, 6.45) is 0. The molecule has 0 atom stereocenters. The van der Waals surface area contributed by atoms with Crippen LogP contribution in [0.4, 0.5) is 17.1 Å². The van der Waals surface area contributed by atoms with Gasteiger partial charge in [-0.15, -0.1) is 22.7 Å². The molecule has 11 aromatic rings.